The van der Waals surface area contributed by atoms with Crippen LogP contribution >= 0.6 is 23.2 Å². The number of rotatable bonds is 3. The molecule has 2 aromatic rings. The van der Waals surface area contributed by atoms with Gasteiger partial charge in [0.1, 0.15) is 0 Å². The zero-order valence-corrected chi connectivity index (χ0v) is 13.5. The van der Waals surface area contributed by atoms with Gasteiger partial charge in [-0.1, -0.05) is 59.1 Å². The monoisotopic (exact) mass is 360 g/mol. The van der Waals surface area contributed by atoms with Crippen molar-refractivity contribution in [3.05, 3.63) is 75.3 Å². The van der Waals surface area contributed by atoms with Gasteiger partial charge < -0.3 is 5.11 Å². The minimum Gasteiger partial charge on any atom is -0.373 e. The maximum Gasteiger partial charge on any atom is 0.425 e. The molecule has 0 aliphatic rings. The number of aryl methyl sites for hydroxylation is 1. The Bertz CT molecular complexity index is 721. The first kappa shape index (κ1) is 17.9. The molecule has 0 unspecified atom stereocenters. The first-order valence-corrected chi connectivity index (χ1v) is 7.39. The third-order valence-corrected chi connectivity index (χ3v) is 3.73. The predicted octanol–water partition coefficient (Wildman–Crippen LogP) is 5.77. The SMILES string of the molecule is Cc1cccc(/C=C/[C@](O)(c2cc(Cl)cc(Cl)c2)C(F)(F)F)c1. The van der Waals surface area contributed by atoms with Crippen molar-refractivity contribution < 1.29 is 18.3 Å². The second-order valence-corrected chi connectivity index (χ2v) is 6.04. The van der Waals surface area contributed by atoms with Crippen molar-refractivity contribution in [2.45, 2.75) is 18.7 Å². The highest BCUT2D eigenvalue weighted by Gasteiger charge is 2.53. The van der Waals surface area contributed by atoms with Gasteiger partial charge in [-0.3, -0.25) is 0 Å². The van der Waals surface area contributed by atoms with E-state index in [-0.39, 0.29) is 10.0 Å². The van der Waals surface area contributed by atoms with Gasteiger partial charge in [-0.05, 0) is 42.3 Å². The molecule has 0 radical (unpaired) electrons. The van der Waals surface area contributed by atoms with Crippen molar-refractivity contribution >= 4 is 29.3 Å². The van der Waals surface area contributed by atoms with E-state index in [1.54, 1.807) is 18.2 Å². The largest absolute Gasteiger partial charge is 0.425 e. The van der Waals surface area contributed by atoms with Gasteiger partial charge in [0.05, 0.1) is 0 Å². The van der Waals surface area contributed by atoms with Crippen molar-refractivity contribution in [3.8, 4) is 0 Å². The zero-order chi connectivity index (χ0) is 17.3. The number of hydrogen-bond acceptors (Lipinski definition) is 1. The van der Waals surface area contributed by atoms with E-state index in [0.717, 1.165) is 17.7 Å². The topological polar surface area (TPSA) is 20.2 Å². The Morgan fingerprint density at radius 3 is 2.13 bits per heavy atom. The van der Waals surface area contributed by atoms with E-state index in [9.17, 15) is 18.3 Å². The molecule has 0 heterocycles. The highest BCUT2D eigenvalue weighted by molar-refractivity contribution is 6.34. The standard InChI is InChI=1S/C17H13Cl2F3O/c1-11-3-2-4-12(7-11)5-6-16(23,17(20,21)22)13-8-14(18)10-15(19)9-13/h2-10,23H,1H3/b6-5+/t16-/m0/s1. The summed E-state index contributed by atoms with van der Waals surface area (Å²) in [5.41, 5.74) is -2.19. The number of alkyl halides is 3. The lowest BCUT2D eigenvalue weighted by atomic mass is 9.91. The first-order chi connectivity index (χ1) is 10.6. The number of benzene rings is 2. The lowest BCUT2D eigenvalue weighted by Crippen LogP contribution is -2.40. The molecule has 23 heavy (non-hydrogen) atoms. The Hall–Kier alpha value is -1.49. The average Bonchev–Trinajstić information content (AvgIpc) is 2.42. The molecule has 6 heteroatoms. The average molecular weight is 361 g/mol. The quantitative estimate of drug-likeness (QED) is 0.736. The lowest BCUT2D eigenvalue weighted by molar-refractivity contribution is -0.244. The highest BCUT2D eigenvalue weighted by atomic mass is 35.5. The Morgan fingerprint density at radius 2 is 1.61 bits per heavy atom. The van der Waals surface area contributed by atoms with Gasteiger partial charge in [0.25, 0.3) is 0 Å². The van der Waals surface area contributed by atoms with Crippen molar-refractivity contribution in [1.29, 1.82) is 0 Å². The second-order valence-electron chi connectivity index (χ2n) is 5.17. The predicted molar refractivity (Wildman–Crippen MR) is 86.6 cm³/mol. The van der Waals surface area contributed by atoms with Gasteiger partial charge >= 0.3 is 6.18 Å². The summed E-state index contributed by atoms with van der Waals surface area (Å²) in [5, 5.41) is 10.3. The molecule has 1 nitrogen and oxygen atoms in total. The fourth-order valence-electron chi connectivity index (χ4n) is 2.12. The molecule has 2 rings (SSSR count). The summed E-state index contributed by atoms with van der Waals surface area (Å²) in [5.74, 6) is 0. The van der Waals surface area contributed by atoms with E-state index >= 15 is 0 Å². The van der Waals surface area contributed by atoms with Crippen LogP contribution < -0.4 is 0 Å². The third-order valence-electron chi connectivity index (χ3n) is 3.29. The normalized spacial score (nSPS) is 14.9. The molecule has 0 aliphatic carbocycles. The van der Waals surface area contributed by atoms with E-state index in [1.807, 2.05) is 13.0 Å². The molecular weight excluding hydrogens is 348 g/mol. The maximum atomic E-state index is 13.4. The van der Waals surface area contributed by atoms with Gasteiger partial charge in [0, 0.05) is 10.0 Å². The molecule has 0 saturated carbocycles. The molecule has 0 spiro atoms. The van der Waals surface area contributed by atoms with Crippen LogP contribution in [0.5, 0.6) is 0 Å². The molecule has 0 aliphatic heterocycles. The zero-order valence-electron chi connectivity index (χ0n) is 12.0. The number of hydrogen-bond donors (Lipinski definition) is 1. The summed E-state index contributed by atoms with van der Waals surface area (Å²) in [7, 11) is 0. The Labute approximate surface area is 142 Å². The van der Waals surface area contributed by atoms with E-state index in [1.165, 1.54) is 12.1 Å². The molecule has 0 fully saturated rings. The van der Waals surface area contributed by atoms with Crippen LogP contribution in [0.15, 0.2) is 48.5 Å². The van der Waals surface area contributed by atoms with Crippen LogP contribution in [0, 0.1) is 6.92 Å². The van der Waals surface area contributed by atoms with Crippen molar-refractivity contribution in [3.63, 3.8) is 0 Å². The van der Waals surface area contributed by atoms with Crippen molar-refractivity contribution in [2.75, 3.05) is 0 Å². The van der Waals surface area contributed by atoms with Crippen molar-refractivity contribution in [1.82, 2.24) is 0 Å². The van der Waals surface area contributed by atoms with Crippen LogP contribution in [0.1, 0.15) is 16.7 Å². The Morgan fingerprint density at radius 1 is 1.00 bits per heavy atom. The highest BCUT2D eigenvalue weighted by Crippen LogP contribution is 2.42. The van der Waals surface area contributed by atoms with E-state index in [4.69, 9.17) is 23.2 Å². The summed E-state index contributed by atoms with van der Waals surface area (Å²) in [6, 6.07) is 10.3. The summed E-state index contributed by atoms with van der Waals surface area (Å²) in [6.07, 6.45) is -3.01. The molecule has 1 N–H and O–H groups in total. The minimum atomic E-state index is -4.93. The van der Waals surface area contributed by atoms with Crippen LogP contribution in [-0.2, 0) is 5.60 Å². The van der Waals surface area contributed by atoms with Crippen LogP contribution in [-0.4, -0.2) is 11.3 Å². The van der Waals surface area contributed by atoms with Crippen LogP contribution in [0.25, 0.3) is 6.08 Å². The van der Waals surface area contributed by atoms with Gasteiger partial charge in [0.2, 0.25) is 5.60 Å². The molecule has 122 valence electrons. The van der Waals surface area contributed by atoms with E-state index in [0.29, 0.717) is 11.6 Å². The fourth-order valence-corrected chi connectivity index (χ4v) is 2.64. The number of aliphatic hydroxyl groups is 1. The molecule has 0 bridgehead atoms. The Balaban J connectivity index is 2.52. The molecule has 1 atom stereocenters. The van der Waals surface area contributed by atoms with Gasteiger partial charge in [-0.15, -0.1) is 0 Å². The van der Waals surface area contributed by atoms with Crippen molar-refractivity contribution in [2.24, 2.45) is 0 Å². The Kier molecular flexibility index (Phi) is 5.09. The molecule has 0 saturated heterocycles. The van der Waals surface area contributed by atoms with Crippen LogP contribution in [0.3, 0.4) is 0 Å². The van der Waals surface area contributed by atoms with E-state index < -0.39 is 17.3 Å². The van der Waals surface area contributed by atoms with Gasteiger partial charge in [-0.25, -0.2) is 0 Å². The van der Waals surface area contributed by atoms with Crippen LogP contribution in [0.4, 0.5) is 13.2 Å². The summed E-state index contributed by atoms with van der Waals surface area (Å²) in [6.45, 7) is 1.82. The third kappa shape index (κ3) is 4.08. The maximum absolute atomic E-state index is 13.4. The molecule has 0 amide bonds. The lowest BCUT2D eigenvalue weighted by Gasteiger charge is -2.28. The van der Waals surface area contributed by atoms with Gasteiger partial charge in [-0.2, -0.15) is 13.2 Å². The van der Waals surface area contributed by atoms with E-state index in [2.05, 4.69) is 0 Å². The summed E-state index contributed by atoms with van der Waals surface area (Å²) in [4.78, 5) is 0. The summed E-state index contributed by atoms with van der Waals surface area (Å²) >= 11 is 11.5. The fraction of sp³-hybridized carbons (Fsp3) is 0.176. The molecule has 2 aromatic carbocycles. The smallest absolute Gasteiger partial charge is 0.373 e. The van der Waals surface area contributed by atoms with Gasteiger partial charge in [0.15, 0.2) is 0 Å². The van der Waals surface area contributed by atoms with Crippen LogP contribution in [0.2, 0.25) is 10.0 Å². The first-order valence-electron chi connectivity index (χ1n) is 6.63. The molecule has 0 aromatic heterocycles. The summed E-state index contributed by atoms with van der Waals surface area (Å²) < 4.78 is 40.3. The minimum absolute atomic E-state index is 0.0131. The second kappa shape index (κ2) is 6.56. The molecular formula is C17H13Cl2F3O. The number of halogens is 5.